The zero-order valence-electron chi connectivity index (χ0n) is 10.1. The Hall–Kier alpha value is -0.580. The Balaban J connectivity index is 2.25. The summed E-state index contributed by atoms with van der Waals surface area (Å²) < 4.78 is 15.4. The molecule has 0 spiro atoms. The molecule has 1 nitrogen and oxygen atoms in total. The smallest absolute Gasteiger partial charge is 0.129 e. The van der Waals surface area contributed by atoms with Gasteiger partial charge in [-0.3, -0.25) is 0 Å². The van der Waals surface area contributed by atoms with Gasteiger partial charge in [-0.05, 0) is 47.1 Å². The zero-order valence-corrected chi connectivity index (χ0v) is 14.0. The van der Waals surface area contributed by atoms with Gasteiger partial charge in [0.05, 0.1) is 21.2 Å². The Labute approximate surface area is 133 Å². The lowest BCUT2D eigenvalue weighted by molar-refractivity contribution is 0.599. The van der Waals surface area contributed by atoms with Crippen molar-refractivity contribution in [3.05, 3.63) is 61.7 Å². The molecule has 0 aromatic heterocycles. The predicted octanol–water partition coefficient (Wildman–Crippen LogP) is 6.18. The van der Waals surface area contributed by atoms with Crippen molar-refractivity contribution in [2.75, 3.05) is 5.32 Å². The normalized spacial score (nSPS) is 12.3. The fourth-order valence-corrected chi connectivity index (χ4v) is 2.67. The first-order valence-corrected chi connectivity index (χ1v) is 7.61. The third kappa shape index (κ3) is 3.50. The molecule has 0 fully saturated rings. The first-order valence-electron chi connectivity index (χ1n) is 5.64. The van der Waals surface area contributed by atoms with Crippen molar-refractivity contribution in [2.24, 2.45) is 0 Å². The van der Waals surface area contributed by atoms with Crippen LogP contribution in [0.2, 0.25) is 5.02 Å². The second-order valence-corrected chi connectivity index (χ2v) is 6.25. The van der Waals surface area contributed by atoms with E-state index < -0.39 is 0 Å². The van der Waals surface area contributed by atoms with Crippen LogP contribution in [0.25, 0.3) is 0 Å². The molecule has 19 heavy (non-hydrogen) atoms. The highest BCUT2D eigenvalue weighted by Gasteiger charge is 2.13. The average molecular weight is 408 g/mol. The molecule has 0 saturated heterocycles. The van der Waals surface area contributed by atoms with E-state index in [1.807, 2.05) is 25.1 Å². The third-order valence-corrected chi connectivity index (χ3v) is 4.64. The van der Waals surface area contributed by atoms with E-state index in [0.717, 1.165) is 14.6 Å². The van der Waals surface area contributed by atoms with Crippen molar-refractivity contribution in [3.63, 3.8) is 0 Å². The van der Waals surface area contributed by atoms with Crippen LogP contribution >= 0.6 is 43.5 Å². The first kappa shape index (κ1) is 14.8. The number of hydrogen-bond donors (Lipinski definition) is 1. The van der Waals surface area contributed by atoms with Crippen molar-refractivity contribution in [1.29, 1.82) is 0 Å². The standard InChI is InChI=1S/C14H11Br2ClFN/c1-8(10-6-5-9(15)7-12(10)18)19-13-4-2-3-11(17)14(13)16/h2-8,19H,1H3. The van der Waals surface area contributed by atoms with E-state index in [4.69, 9.17) is 11.6 Å². The SMILES string of the molecule is CC(Nc1cccc(Cl)c1Br)c1ccc(Br)cc1F. The highest BCUT2D eigenvalue weighted by atomic mass is 79.9. The minimum atomic E-state index is -0.243. The van der Waals surface area contributed by atoms with E-state index >= 15 is 0 Å². The third-order valence-electron chi connectivity index (χ3n) is 2.75. The van der Waals surface area contributed by atoms with Gasteiger partial charge in [0, 0.05) is 10.0 Å². The van der Waals surface area contributed by atoms with Crippen molar-refractivity contribution in [3.8, 4) is 0 Å². The summed E-state index contributed by atoms with van der Waals surface area (Å²) in [6.45, 7) is 1.90. The Morgan fingerprint density at radius 2 is 1.95 bits per heavy atom. The monoisotopic (exact) mass is 405 g/mol. The van der Waals surface area contributed by atoms with Crippen LogP contribution in [0, 0.1) is 5.82 Å². The lowest BCUT2D eigenvalue weighted by atomic mass is 10.1. The van der Waals surface area contributed by atoms with Gasteiger partial charge in [0.25, 0.3) is 0 Å². The Morgan fingerprint density at radius 3 is 2.63 bits per heavy atom. The molecule has 0 radical (unpaired) electrons. The van der Waals surface area contributed by atoms with Crippen molar-refractivity contribution in [1.82, 2.24) is 0 Å². The van der Waals surface area contributed by atoms with E-state index in [-0.39, 0.29) is 11.9 Å². The van der Waals surface area contributed by atoms with Gasteiger partial charge in [0.15, 0.2) is 0 Å². The van der Waals surface area contributed by atoms with Gasteiger partial charge in [-0.25, -0.2) is 4.39 Å². The molecule has 0 aliphatic rings. The molecule has 2 aromatic carbocycles. The summed E-state index contributed by atoms with van der Waals surface area (Å²) in [6.07, 6.45) is 0. The molecule has 1 unspecified atom stereocenters. The summed E-state index contributed by atoms with van der Waals surface area (Å²) in [5, 5.41) is 3.86. The summed E-state index contributed by atoms with van der Waals surface area (Å²) >= 11 is 12.7. The molecule has 5 heteroatoms. The molecule has 0 amide bonds. The van der Waals surface area contributed by atoms with Gasteiger partial charge in [-0.2, -0.15) is 0 Å². The van der Waals surface area contributed by atoms with E-state index in [1.165, 1.54) is 6.07 Å². The van der Waals surface area contributed by atoms with Gasteiger partial charge >= 0.3 is 0 Å². The van der Waals surface area contributed by atoms with E-state index in [0.29, 0.717) is 10.6 Å². The van der Waals surface area contributed by atoms with Gasteiger partial charge in [-0.15, -0.1) is 0 Å². The highest BCUT2D eigenvalue weighted by Crippen LogP contribution is 2.33. The predicted molar refractivity (Wildman–Crippen MR) is 85.3 cm³/mol. The second kappa shape index (κ2) is 6.25. The van der Waals surface area contributed by atoms with Crippen molar-refractivity contribution < 1.29 is 4.39 Å². The van der Waals surface area contributed by atoms with E-state index in [2.05, 4.69) is 37.2 Å². The number of benzene rings is 2. The maximum absolute atomic E-state index is 13.9. The molecule has 0 heterocycles. The van der Waals surface area contributed by atoms with Crippen molar-refractivity contribution >= 4 is 49.1 Å². The number of halogens is 4. The van der Waals surface area contributed by atoms with Crippen LogP contribution < -0.4 is 5.32 Å². The molecule has 2 aromatic rings. The molecule has 0 aliphatic carbocycles. The maximum atomic E-state index is 13.9. The molecule has 0 aliphatic heterocycles. The summed E-state index contributed by atoms with van der Waals surface area (Å²) in [6, 6.07) is 10.4. The van der Waals surface area contributed by atoms with Gasteiger partial charge in [0.2, 0.25) is 0 Å². The van der Waals surface area contributed by atoms with Crippen LogP contribution in [0.5, 0.6) is 0 Å². The molecule has 1 N–H and O–H groups in total. The summed E-state index contributed by atoms with van der Waals surface area (Å²) in [4.78, 5) is 0. The van der Waals surface area contributed by atoms with Crippen LogP contribution in [0.1, 0.15) is 18.5 Å². The second-order valence-electron chi connectivity index (χ2n) is 4.13. The van der Waals surface area contributed by atoms with E-state index in [1.54, 1.807) is 12.1 Å². The lowest BCUT2D eigenvalue weighted by Crippen LogP contribution is -2.09. The minimum absolute atomic E-state index is 0.164. The fourth-order valence-electron chi connectivity index (χ4n) is 1.78. The molecule has 100 valence electrons. The molecular formula is C14H11Br2ClFN. The highest BCUT2D eigenvalue weighted by molar-refractivity contribution is 9.11. The molecule has 0 bridgehead atoms. The molecule has 0 saturated carbocycles. The number of anilines is 1. The maximum Gasteiger partial charge on any atom is 0.129 e. The molecular weight excluding hydrogens is 396 g/mol. The summed E-state index contributed by atoms with van der Waals surface area (Å²) in [5.41, 5.74) is 1.44. The summed E-state index contributed by atoms with van der Waals surface area (Å²) in [7, 11) is 0. The number of nitrogens with one attached hydrogen (secondary N) is 1. The number of hydrogen-bond acceptors (Lipinski definition) is 1. The Bertz CT molecular complexity index is 604. The molecule has 2 rings (SSSR count). The fraction of sp³-hybridized carbons (Fsp3) is 0.143. The quantitative estimate of drug-likeness (QED) is 0.641. The Kier molecular flexibility index (Phi) is 4.87. The number of rotatable bonds is 3. The minimum Gasteiger partial charge on any atom is -0.377 e. The van der Waals surface area contributed by atoms with Crippen LogP contribution in [0.3, 0.4) is 0 Å². The van der Waals surface area contributed by atoms with Gasteiger partial charge < -0.3 is 5.32 Å². The lowest BCUT2D eigenvalue weighted by Gasteiger charge is -2.18. The van der Waals surface area contributed by atoms with E-state index in [9.17, 15) is 4.39 Å². The Morgan fingerprint density at radius 1 is 1.21 bits per heavy atom. The van der Waals surface area contributed by atoms with Crippen LogP contribution in [-0.2, 0) is 0 Å². The average Bonchev–Trinajstić information content (AvgIpc) is 2.34. The zero-order chi connectivity index (χ0) is 14.0. The van der Waals surface area contributed by atoms with Crippen LogP contribution in [0.4, 0.5) is 10.1 Å². The topological polar surface area (TPSA) is 12.0 Å². The summed E-state index contributed by atoms with van der Waals surface area (Å²) in [5.74, 6) is -0.243. The van der Waals surface area contributed by atoms with Gasteiger partial charge in [-0.1, -0.05) is 39.7 Å². The largest absolute Gasteiger partial charge is 0.377 e. The first-order chi connectivity index (χ1) is 8.99. The molecule has 1 atom stereocenters. The van der Waals surface area contributed by atoms with Gasteiger partial charge in [0.1, 0.15) is 5.82 Å². The van der Waals surface area contributed by atoms with Crippen LogP contribution in [-0.4, -0.2) is 0 Å². The van der Waals surface area contributed by atoms with Crippen LogP contribution in [0.15, 0.2) is 45.3 Å². The van der Waals surface area contributed by atoms with Crippen molar-refractivity contribution in [2.45, 2.75) is 13.0 Å².